The molecule has 24 heavy (non-hydrogen) atoms. The lowest BCUT2D eigenvalue weighted by Crippen LogP contribution is -2.32. The predicted octanol–water partition coefficient (Wildman–Crippen LogP) is 2.74. The first-order chi connectivity index (χ1) is 11.5. The number of aromatic nitrogens is 2. The van der Waals surface area contributed by atoms with Crippen LogP contribution < -0.4 is 10.6 Å². The highest BCUT2D eigenvalue weighted by Crippen LogP contribution is 2.18. The molecule has 8 nitrogen and oxygen atoms in total. The van der Waals surface area contributed by atoms with Gasteiger partial charge in [0.15, 0.2) is 0 Å². The van der Waals surface area contributed by atoms with Crippen molar-refractivity contribution in [3.05, 3.63) is 51.8 Å². The third kappa shape index (κ3) is 4.55. The number of hydrogen-bond acceptors (Lipinski definition) is 4. The number of benzene rings is 1. The first-order valence-electron chi connectivity index (χ1n) is 7.87. The highest BCUT2D eigenvalue weighted by Gasteiger charge is 2.09. The van der Waals surface area contributed by atoms with Gasteiger partial charge >= 0.3 is 11.7 Å². The van der Waals surface area contributed by atoms with Gasteiger partial charge in [0.25, 0.3) is 0 Å². The smallest absolute Gasteiger partial charge is 0.319 e. The van der Waals surface area contributed by atoms with Gasteiger partial charge in [0.2, 0.25) is 0 Å². The molecule has 0 fully saturated rings. The molecule has 1 aromatic carbocycles. The zero-order valence-electron chi connectivity index (χ0n) is 13.8. The van der Waals surface area contributed by atoms with Crippen LogP contribution in [0.1, 0.15) is 25.0 Å². The van der Waals surface area contributed by atoms with Gasteiger partial charge in [-0.15, -0.1) is 0 Å². The molecule has 0 spiro atoms. The molecule has 0 radical (unpaired) electrons. The zero-order valence-corrected chi connectivity index (χ0v) is 13.8. The van der Waals surface area contributed by atoms with Crippen LogP contribution in [-0.4, -0.2) is 27.3 Å². The number of aryl methyl sites for hydroxylation is 2. The van der Waals surface area contributed by atoms with Crippen LogP contribution in [0.2, 0.25) is 0 Å². The maximum Gasteiger partial charge on any atom is 0.319 e. The van der Waals surface area contributed by atoms with E-state index in [0.29, 0.717) is 13.1 Å². The van der Waals surface area contributed by atoms with Crippen molar-refractivity contribution in [3.63, 3.8) is 0 Å². The molecule has 2 aromatic rings. The van der Waals surface area contributed by atoms with Gasteiger partial charge in [-0.1, -0.05) is 26.0 Å². The lowest BCUT2D eigenvalue weighted by molar-refractivity contribution is -0.385. The minimum Gasteiger partial charge on any atom is -0.336 e. The fourth-order valence-electron chi connectivity index (χ4n) is 2.29. The van der Waals surface area contributed by atoms with Crippen LogP contribution >= 0.6 is 0 Å². The molecule has 2 rings (SSSR count). The Morgan fingerprint density at radius 3 is 2.75 bits per heavy atom. The fraction of sp³-hybridized carbons (Fsp3) is 0.375. The molecule has 0 saturated carbocycles. The van der Waals surface area contributed by atoms with Crippen molar-refractivity contribution in [2.24, 2.45) is 0 Å². The third-order valence-corrected chi connectivity index (χ3v) is 3.67. The van der Waals surface area contributed by atoms with E-state index < -0.39 is 4.92 Å². The SMILES string of the molecule is CCc1ccc(CC)c(NC(=O)NCCn2cc([N+](=O)[O-])cn2)c1. The Labute approximate surface area is 140 Å². The maximum atomic E-state index is 12.0. The van der Waals surface area contributed by atoms with E-state index in [-0.39, 0.29) is 11.7 Å². The normalized spacial score (nSPS) is 10.4. The Balaban J connectivity index is 1.87. The number of amides is 2. The summed E-state index contributed by atoms with van der Waals surface area (Å²) in [6, 6.07) is 5.76. The number of nitrogens with zero attached hydrogens (tertiary/aromatic N) is 3. The number of nitrogens with one attached hydrogen (secondary N) is 2. The van der Waals surface area contributed by atoms with Gasteiger partial charge in [0, 0.05) is 12.2 Å². The Morgan fingerprint density at radius 1 is 1.33 bits per heavy atom. The second-order valence-electron chi connectivity index (χ2n) is 5.30. The van der Waals surface area contributed by atoms with E-state index >= 15 is 0 Å². The van der Waals surface area contributed by atoms with E-state index in [0.717, 1.165) is 29.7 Å². The molecule has 0 saturated heterocycles. The molecular formula is C16H21N5O3. The molecule has 8 heteroatoms. The van der Waals surface area contributed by atoms with E-state index in [1.54, 1.807) is 0 Å². The molecule has 0 unspecified atom stereocenters. The van der Waals surface area contributed by atoms with Crippen molar-refractivity contribution in [3.8, 4) is 0 Å². The summed E-state index contributed by atoms with van der Waals surface area (Å²) >= 11 is 0. The number of urea groups is 1. The number of anilines is 1. The summed E-state index contributed by atoms with van der Waals surface area (Å²) in [5, 5.41) is 20.0. The molecule has 0 aliphatic rings. The van der Waals surface area contributed by atoms with Gasteiger partial charge in [-0.25, -0.2) is 4.79 Å². The minimum absolute atomic E-state index is 0.0663. The van der Waals surface area contributed by atoms with Crippen molar-refractivity contribution in [2.45, 2.75) is 33.2 Å². The van der Waals surface area contributed by atoms with Crippen LogP contribution in [0.3, 0.4) is 0 Å². The van der Waals surface area contributed by atoms with Gasteiger partial charge in [-0.05, 0) is 30.0 Å². The molecular weight excluding hydrogens is 310 g/mol. The molecule has 1 aromatic heterocycles. The van der Waals surface area contributed by atoms with Gasteiger partial charge in [0.1, 0.15) is 12.4 Å². The fourth-order valence-corrected chi connectivity index (χ4v) is 2.29. The van der Waals surface area contributed by atoms with Crippen LogP contribution in [0.5, 0.6) is 0 Å². The van der Waals surface area contributed by atoms with Crippen molar-refractivity contribution < 1.29 is 9.72 Å². The van der Waals surface area contributed by atoms with Gasteiger partial charge < -0.3 is 10.6 Å². The number of carbonyl (C=O) groups is 1. The minimum atomic E-state index is -0.503. The zero-order chi connectivity index (χ0) is 17.5. The predicted molar refractivity (Wildman–Crippen MR) is 91.1 cm³/mol. The van der Waals surface area contributed by atoms with Gasteiger partial charge in [-0.3, -0.25) is 14.8 Å². The highest BCUT2D eigenvalue weighted by molar-refractivity contribution is 5.90. The van der Waals surface area contributed by atoms with E-state index in [1.807, 2.05) is 19.1 Å². The van der Waals surface area contributed by atoms with Crippen molar-refractivity contribution in [2.75, 3.05) is 11.9 Å². The van der Waals surface area contributed by atoms with Crippen molar-refractivity contribution >= 4 is 17.4 Å². The summed E-state index contributed by atoms with van der Waals surface area (Å²) in [6.45, 7) is 4.78. The Kier molecular flexibility index (Phi) is 5.89. The van der Waals surface area contributed by atoms with E-state index in [9.17, 15) is 14.9 Å². The van der Waals surface area contributed by atoms with E-state index in [1.165, 1.54) is 17.1 Å². The molecule has 1 heterocycles. The maximum absolute atomic E-state index is 12.0. The van der Waals surface area contributed by atoms with E-state index in [4.69, 9.17) is 0 Å². The second-order valence-corrected chi connectivity index (χ2v) is 5.30. The molecule has 0 aliphatic heterocycles. The standard InChI is InChI=1S/C16H21N5O3/c1-3-12-5-6-13(4-2)15(9-12)19-16(22)17-7-8-20-11-14(10-18-20)21(23)24/h5-6,9-11H,3-4,7-8H2,1-2H3,(H2,17,19,22). The first-order valence-corrected chi connectivity index (χ1v) is 7.87. The summed E-state index contributed by atoms with van der Waals surface area (Å²) in [6.07, 6.45) is 4.25. The molecule has 128 valence electrons. The average Bonchev–Trinajstić information content (AvgIpc) is 3.04. The summed E-state index contributed by atoms with van der Waals surface area (Å²) in [4.78, 5) is 22.1. The Morgan fingerprint density at radius 2 is 2.12 bits per heavy atom. The average molecular weight is 331 g/mol. The number of rotatable bonds is 7. The second kappa shape index (κ2) is 8.09. The highest BCUT2D eigenvalue weighted by atomic mass is 16.6. The molecule has 2 N–H and O–H groups in total. The number of nitro groups is 1. The first kappa shape index (κ1) is 17.5. The number of hydrogen-bond donors (Lipinski definition) is 2. The van der Waals surface area contributed by atoms with E-state index in [2.05, 4.69) is 28.7 Å². The number of carbonyl (C=O) groups excluding carboxylic acids is 1. The third-order valence-electron chi connectivity index (χ3n) is 3.67. The van der Waals surface area contributed by atoms with Crippen LogP contribution in [0, 0.1) is 10.1 Å². The Bertz CT molecular complexity index is 726. The van der Waals surface area contributed by atoms with Crippen LogP contribution in [-0.2, 0) is 19.4 Å². The summed E-state index contributed by atoms with van der Waals surface area (Å²) in [5.74, 6) is 0. The van der Waals surface area contributed by atoms with Gasteiger partial charge in [-0.2, -0.15) is 5.10 Å². The summed E-state index contributed by atoms with van der Waals surface area (Å²) in [7, 11) is 0. The van der Waals surface area contributed by atoms with Gasteiger partial charge in [0.05, 0.1) is 11.5 Å². The van der Waals surface area contributed by atoms with Crippen molar-refractivity contribution in [1.82, 2.24) is 15.1 Å². The van der Waals surface area contributed by atoms with Crippen LogP contribution in [0.4, 0.5) is 16.2 Å². The van der Waals surface area contributed by atoms with Crippen LogP contribution in [0.25, 0.3) is 0 Å². The molecule has 2 amide bonds. The molecule has 0 atom stereocenters. The molecule has 0 aliphatic carbocycles. The quantitative estimate of drug-likeness (QED) is 0.601. The lowest BCUT2D eigenvalue weighted by atomic mass is 10.1. The summed E-state index contributed by atoms with van der Waals surface area (Å²) in [5.41, 5.74) is 2.98. The largest absolute Gasteiger partial charge is 0.336 e. The lowest BCUT2D eigenvalue weighted by Gasteiger charge is -2.12. The monoisotopic (exact) mass is 331 g/mol. The van der Waals surface area contributed by atoms with Crippen molar-refractivity contribution in [1.29, 1.82) is 0 Å². The molecule has 0 bridgehead atoms. The summed E-state index contributed by atoms with van der Waals surface area (Å²) < 4.78 is 1.42. The van der Waals surface area contributed by atoms with Crippen LogP contribution in [0.15, 0.2) is 30.6 Å². The Hall–Kier alpha value is -2.90. The topological polar surface area (TPSA) is 102 Å².